The van der Waals surface area contributed by atoms with Crippen LogP contribution in [0, 0.1) is 6.92 Å². The molecule has 5 heteroatoms. The van der Waals surface area contributed by atoms with Gasteiger partial charge in [0.2, 0.25) is 5.13 Å². The molecule has 72 valence electrons. The van der Waals surface area contributed by atoms with Crippen molar-refractivity contribution in [1.82, 2.24) is 10.2 Å². The van der Waals surface area contributed by atoms with E-state index in [2.05, 4.69) is 15.5 Å². The molecule has 1 aromatic heterocycles. The van der Waals surface area contributed by atoms with E-state index in [1.165, 1.54) is 17.8 Å². The van der Waals surface area contributed by atoms with E-state index in [1.54, 1.807) is 0 Å². The van der Waals surface area contributed by atoms with Gasteiger partial charge in [0.15, 0.2) is 0 Å². The number of aryl methyl sites for hydroxylation is 1. The second-order valence-corrected chi connectivity index (χ2v) is 4.72. The summed E-state index contributed by atoms with van der Waals surface area (Å²) in [4.78, 5) is 0. The lowest BCUT2D eigenvalue weighted by Gasteiger charge is -2.40. The summed E-state index contributed by atoms with van der Waals surface area (Å²) in [7, 11) is 0. The van der Waals surface area contributed by atoms with Gasteiger partial charge in [-0.3, -0.25) is 0 Å². The van der Waals surface area contributed by atoms with E-state index in [4.69, 9.17) is 0 Å². The average Bonchev–Trinajstić information content (AvgIpc) is 2.44. The van der Waals surface area contributed by atoms with Crippen molar-refractivity contribution in [1.29, 1.82) is 0 Å². The first-order valence-corrected chi connectivity index (χ1v) is 5.25. The summed E-state index contributed by atoms with van der Waals surface area (Å²) in [6.45, 7) is 2.11. The maximum atomic E-state index is 9.20. The molecule has 1 aromatic rings. The highest BCUT2D eigenvalue weighted by molar-refractivity contribution is 7.15. The minimum Gasteiger partial charge on any atom is -0.394 e. The third-order valence-electron chi connectivity index (χ3n) is 2.51. The first-order valence-electron chi connectivity index (χ1n) is 4.43. The molecule has 4 nitrogen and oxygen atoms in total. The van der Waals surface area contributed by atoms with Gasteiger partial charge in [-0.15, -0.1) is 10.2 Å². The lowest BCUT2D eigenvalue weighted by molar-refractivity contribution is 0.144. The van der Waals surface area contributed by atoms with Gasteiger partial charge < -0.3 is 10.4 Å². The molecule has 1 fully saturated rings. The Balaban J connectivity index is 2.04. The molecule has 0 atom stereocenters. The average molecular weight is 199 g/mol. The molecule has 0 aromatic carbocycles. The molecule has 0 radical (unpaired) electrons. The van der Waals surface area contributed by atoms with Gasteiger partial charge in [-0.1, -0.05) is 11.3 Å². The number of aliphatic hydroxyl groups excluding tert-OH is 1. The van der Waals surface area contributed by atoms with Gasteiger partial charge in [-0.05, 0) is 26.2 Å². The van der Waals surface area contributed by atoms with Crippen LogP contribution in [0.25, 0.3) is 0 Å². The van der Waals surface area contributed by atoms with Crippen LogP contribution in [0.15, 0.2) is 0 Å². The van der Waals surface area contributed by atoms with Gasteiger partial charge in [-0.25, -0.2) is 0 Å². The number of anilines is 1. The summed E-state index contributed by atoms with van der Waals surface area (Å²) in [6, 6.07) is 0. The Morgan fingerprint density at radius 2 is 2.31 bits per heavy atom. The zero-order valence-corrected chi connectivity index (χ0v) is 8.39. The second kappa shape index (κ2) is 3.23. The summed E-state index contributed by atoms with van der Waals surface area (Å²) >= 11 is 1.53. The van der Waals surface area contributed by atoms with Crippen molar-refractivity contribution >= 4 is 16.5 Å². The standard InChI is InChI=1S/C8H13N3OS/c1-6-10-11-7(13-6)9-8(5-12)3-2-4-8/h12H,2-5H2,1H3,(H,9,11). The first-order chi connectivity index (χ1) is 6.24. The predicted molar refractivity (Wildman–Crippen MR) is 51.9 cm³/mol. The quantitative estimate of drug-likeness (QED) is 0.767. The zero-order valence-electron chi connectivity index (χ0n) is 7.58. The van der Waals surface area contributed by atoms with Crippen molar-refractivity contribution in [2.75, 3.05) is 11.9 Å². The van der Waals surface area contributed by atoms with Crippen molar-refractivity contribution in [3.05, 3.63) is 5.01 Å². The SMILES string of the molecule is Cc1nnc(NC2(CO)CCC2)s1. The number of aromatic nitrogens is 2. The van der Waals surface area contributed by atoms with E-state index in [0.717, 1.165) is 23.0 Å². The first kappa shape index (κ1) is 8.90. The second-order valence-electron chi connectivity index (χ2n) is 3.54. The molecule has 0 bridgehead atoms. The van der Waals surface area contributed by atoms with Gasteiger partial charge >= 0.3 is 0 Å². The van der Waals surface area contributed by atoms with Crippen molar-refractivity contribution in [2.45, 2.75) is 31.7 Å². The number of hydrogen-bond donors (Lipinski definition) is 2. The highest BCUT2D eigenvalue weighted by Crippen LogP contribution is 2.35. The fraction of sp³-hybridized carbons (Fsp3) is 0.750. The summed E-state index contributed by atoms with van der Waals surface area (Å²) in [5.74, 6) is 0. The minimum absolute atomic E-state index is 0.105. The molecule has 0 spiro atoms. The van der Waals surface area contributed by atoms with E-state index in [1.807, 2.05) is 6.92 Å². The minimum atomic E-state index is -0.105. The Kier molecular flexibility index (Phi) is 2.21. The third-order valence-corrected chi connectivity index (χ3v) is 3.27. The molecule has 13 heavy (non-hydrogen) atoms. The van der Waals surface area contributed by atoms with Gasteiger partial charge in [0.1, 0.15) is 5.01 Å². The molecule has 0 aliphatic heterocycles. The fourth-order valence-corrected chi connectivity index (χ4v) is 2.21. The van der Waals surface area contributed by atoms with Crippen molar-refractivity contribution in [3.63, 3.8) is 0 Å². The van der Waals surface area contributed by atoms with Crippen LogP contribution in [0.5, 0.6) is 0 Å². The largest absolute Gasteiger partial charge is 0.394 e. The maximum absolute atomic E-state index is 9.20. The fourth-order valence-electron chi connectivity index (χ4n) is 1.50. The van der Waals surface area contributed by atoms with Crippen LogP contribution in [0.4, 0.5) is 5.13 Å². The van der Waals surface area contributed by atoms with Crippen LogP contribution in [0.3, 0.4) is 0 Å². The number of aliphatic hydroxyl groups is 1. The predicted octanol–water partition coefficient (Wildman–Crippen LogP) is 1.17. The Morgan fingerprint density at radius 1 is 1.54 bits per heavy atom. The monoisotopic (exact) mass is 199 g/mol. The molecule has 2 rings (SSSR count). The summed E-state index contributed by atoms with van der Waals surface area (Å²) < 4.78 is 0. The van der Waals surface area contributed by atoms with Crippen LogP contribution in [-0.4, -0.2) is 27.4 Å². The van der Waals surface area contributed by atoms with Crippen LogP contribution in [0.2, 0.25) is 0 Å². The Hall–Kier alpha value is -0.680. The molecular weight excluding hydrogens is 186 g/mol. The molecule has 1 aliphatic rings. The normalized spacial score (nSPS) is 19.5. The zero-order chi connectivity index (χ0) is 9.31. The molecule has 0 amide bonds. The number of hydrogen-bond acceptors (Lipinski definition) is 5. The number of nitrogens with one attached hydrogen (secondary N) is 1. The Labute approximate surface area is 81.0 Å². The van der Waals surface area contributed by atoms with E-state index < -0.39 is 0 Å². The lowest BCUT2D eigenvalue weighted by atomic mass is 9.78. The summed E-state index contributed by atoms with van der Waals surface area (Å²) in [6.07, 6.45) is 3.25. The lowest BCUT2D eigenvalue weighted by Crippen LogP contribution is -2.48. The number of nitrogens with zero attached hydrogens (tertiary/aromatic N) is 2. The van der Waals surface area contributed by atoms with E-state index in [9.17, 15) is 5.11 Å². The van der Waals surface area contributed by atoms with Gasteiger partial charge in [0.05, 0.1) is 12.1 Å². The van der Waals surface area contributed by atoms with E-state index in [0.29, 0.717) is 0 Å². The summed E-state index contributed by atoms with van der Waals surface area (Å²) in [5.41, 5.74) is -0.105. The highest BCUT2D eigenvalue weighted by atomic mass is 32.1. The topological polar surface area (TPSA) is 58.0 Å². The molecule has 1 saturated carbocycles. The van der Waals surface area contributed by atoms with Crippen LogP contribution >= 0.6 is 11.3 Å². The molecule has 1 aliphatic carbocycles. The Morgan fingerprint density at radius 3 is 2.69 bits per heavy atom. The highest BCUT2D eigenvalue weighted by Gasteiger charge is 2.36. The van der Waals surface area contributed by atoms with E-state index >= 15 is 0 Å². The summed E-state index contributed by atoms with van der Waals surface area (Å²) in [5, 5.41) is 22.1. The van der Waals surface area contributed by atoms with Crippen molar-refractivity contribution in [2.24, 2.45) is 0 Å². The van der Waals surface area contributed by atoms with Crippen LogP contribution in [0.1, 0.15) is 24.3 Å². The third kappa shape index (κ3) is 1.66. The number of rotatable bonds is 3. The Bertz CT molecular complexity index is 290. The molecule has 0 unspecified atom stereocenters. The molecule has 0 saturated heterocycles. The van der Waals surface area contributed by atoms with Crippen LogP contribution in [-0.2, 0) is 0 Å². The molecular formula is C8H13N3OS. The molecule has 1 heterocycles. The van der Waals surface area contributed by atoms with Gasteiger partial charge in [-0.2, -0.15) is 0 Å². The van der Waals surface area contributed by atoms with Gasteiger partial charge in [0, 0.05) is 0 Å². The van der Waals surface area contributed by atoms with Crippen LogP contribution < -0.4 is 5.32 Å². The maximum Gasteiger partial charge on any atom is 0.206 e. The van der Waals surface area contributed by atoms with E-state index in [-0.39, 0.29) is 12.1 Å². The molecule has 2 N–H and O–H groups in total. The van der Waals surface area contributed by atoms with Gasteiger partial charge in [0.25, 0.3) is 0 Å². The van der Waals surface area contributed by atoms with Crippen molar-refractivity contribution < 1.29 is 5.11 Å². The smallest absolute Gasteiger partial charge is 0.206 e. The van der Waals surface area contributed by atoms with Crippen molar-refractivity contribution in [3.8, 4) is 0 Å².